The Kier molecular flexibility index (Phi) is 17.0. The number of anilines is 1. The molecule has 0 bridgehead atoms. The first kappa shape index (κ1) is 27.5. The van der Waals surface area contributed by atoms with Gasteiger partial charge in [-0.2, -0.15) is 0 Å². The molecule has 0 atom stereocenters. The minimum Gasteiger partial charge on any atom is -0.338 e. The minimum atomic E-state index is 0.0257. The third-order valence-electron chi connectivity index (χ3n) is 6.27. The molecule has 0 aromatic heterocycles. The molecule has 1 rings (SSSR count). The number of hydrogen-bond acceptors (Lipinski definition) is 1. The summed E-state index contributed by atoms with van der Waals surface area (Å²) >= 11 is 0. The van der Waals surface area contributed by atoms with Gasteiger partial charge in [-0.15, -0.1) is 0 Å². The number of nitrogens with one attached hydrogen (secondary N) is 1. The topological polar surface area (TPSA) is 32.3 Å². The van der Waals surface area contributed by atoms with Crippen molar-refractivity contribution in [2.24, 2.45) is 0 Å². The molecule has 1 N–H and O–H groups in total. The van der Waals surface area contributed by atoms with Crippen LogP contribution in [0, 0.1) is 6.92 Å². The van der Waals surface area contributed by atoms with Crippen LogP contribution in [-0.4, -0.2) is 19.1 Å². The molecule has 0 radical (unpaired) electrons. The standard InChI is InChI=1S/C28H50N2O/c1-4-6-7-8-9-10-11-12-13-14-15-16-17-18-19-22-25-29-28(31)30(5-2)27-24-21-20-23-26(27)3/h20-21,23-24H,4-19,22,25H2,1-3H3,(H,29,31). The smallest absolute Gasteiger partial charge is 0.321 e. The summed E-state index contributed by atoms with van der Waals surface area (Å²) in [5.74, 6) is 0. The normalized spacial score (nSPS) is 10.9. The van der Waals surface area contributed by atoms with Crippen molar-refractivity contribution in [1.29, 1.82) is 0 Å². The van der Waals surface area contributed by atoms with E-state index in [2.05, 4.69) is 25.2 Å². The van der Waals surface area contributed by atoms with E-state index in [1.165, 1.54) is 96.3 Å². The summed E-state index contributed by atoms with van der Waals surface area (Å²) in [4.78, 5) is 14.3. The van der Waals surface area contributed by atoms with Crippen molar-refractivity contribution in [3.63, 3.8) is 0 Å². The van der Waals surface area contributed by atoms with Crippen molar-refractivity contribution in [3.05, 3.63) is 29.8 Å². The second kappa shape index (κ2) is 19.2. The van der Waals surface area contributed by atoms with Crippen LogP contribution in [0.25, 0.3) is 0 Å². The van der Waals surface area contributed by atoms with Gasteiger partial charge in [-0.3, -0.25) is 4.90 Å². The van der Waals surface area contributed by atoms with Crippen molar-refractivity contribution in [3.8, 4) is 0 Å². The average Bonchev–Trinajstić information content (AvgIpc) is 2.77. The van der Waals surface area contributed by atoms with Gasteiger partial charge < -0.3 is 5.32 Å². The molecule has 1 aromatic rings. The first-order valence-electron chi connectivity index (χ1n) is 13.3. The third-order valence-corrected chi connectivity index (χ3v) is 6.27. The molecule has 3 heteroatoms. The van der Waals surface area contributed by atoms with E-state index >= 15 is 0 Å². The lowest BCUT2D eigenvalue weighted by Gasteiger charge is -2.23. The zero-order valence-electron chi connectivity index (χ0n) is 20.9. The van der Waals surface area contributed by atoms with Crippen LogP contribution in [0.1, 0.15) is 122 Å². The number of rotatable bonds is 19. The number of aryl methyl sites for hydroxylation is 1. The molecule has 0 unspecified atom stereocenters. The number of carbonyl (C=O) groups is 1. The monoisotopic (exact) mass is 430 g/mol. The molecule has 0 saturated heterocycles. The van der Waals surface area contributed by atoms with Gasteiger partial charge >= 0.3 is 6.03 Å². The highest BCUT2D eigenvalue weighted by molar-refractivity contribution is 5.92. The van der Waals surface area contributed by atoms with Crippen molar-refractivity contribution < 1.29 is 4.79 Å². The highest BCUT2D eigenvalue weighted by atomic mass is 16.2. The molecule has 1 aromatic carbocycles. The first-order chi connectivity index (χ1) is 15.2. The summed E-state index contributed by atoms with van der Waals surface area (Å²) in [5, 5.41) is 3.10. The number of para-hydroxylation sites is 1. The predicted octanol–water partition coefficient (Wildman–Crippen LogP) is 8.79. The van der Waals surface area contributed by atoms with Crippen LogP contribution in [-0.2, 0) is 0 Å². The molecular formula is C28H50N2O. The summed E-state index contributed by atoms with van der Waals surface area (Å²) in [6, 6.07) is 8.11. The summed E-state index contributed by atoms with van der Waals surface area (Å²) in [5.41, 5.74) is 2.15. The van der Waals surface area contributed by atoms with Crippen LogP contribution in [0.15, 0.2) is 24.3 Å². The summed E-state index contributed by atoms with van der Waals surface area (Å²) in [7, 11) is 0. The molecule has 0 heterocycles. The van der Waals surface area contributed by atoms with Gasteiger partial charge in [0.25, 0.3) is 0 Å². The molecule has 178 valence electrons. The van der Waals surface area contributed by atoms with Crippen LogP contribution >= 0.6 is 0 Å². The number of urea groups is 1. The molecule has 31 heavy (non-hydrogen) atoms. The Labute approximate surface area is 193 Å². The highest BCUT2D eigenvalue weighted by Gasteiger charge is 2.14. The van der Waals surface area contributed by atoms with E-state index in [0.717, 1.165) is 24.2 Å². The number of amides is 2. The molecule has 0 aliphatic heterocycles. The molecule has 3 nitrogen and oxygen atoms in total. The molecule has 0 fully saturated rings. The third kappa shape index (κ3) is 13.5. The number of nitrogens with zero attached hydrogens (tertiary/aromatic N) is 1. The van der Waals surface area contributed by atoms with Crippen molar-refractivity contribution in [1.82, 2.24) is 5.32 Å². The SMILES string of the molecule is CCCCCCCCCCCCCCCCCCNC(=O)N(CC)c1ccccc1C. The second-order valence-corrected chi connectivity index (χ2v) is 9.07. The number of benzene rings is 1. The Morgan fingerprint density at radius 1 is 0.710 bits per heavy atom. The largest absolute Gasteiger partial charge is 0.338 e. The summed E-state index contributed by atoms with van der Waals surface area (Å²) in [6.07, 6.45) is 22.0. The van der Waals surface area contributed by atoms with E-state index < -0.39 is 0 Å². The summed E-state index contributed by atoms with van der Waals surface area (Å²) in [6.45, 7) is 7.84. The molecular weight excluding hydrogens is 380 g/mol. The van der Waals surface area contributed by atoms with Crippen LogP contribution in [0.3, 0.4) is 0 Å². The van der Waals surface area contributed by atoms with Gasteiger partial charge in [0, 0.05) is 18.8 Å². The fourth-order valence-electron chi connectivity index (χ4n) is 4.25. The molecule has 2 amide bonds. The van der Waals surface area contributed by atoms with Crippen LogP contribution in [0.5, 0.6) is 0 Å². The van der Waals surface area contributed by atoms with Gasteiger partial charge in [-0.05, 0) is 31.9 Å². The van der Waals surface area contributed by atoms with Crippen molar-refractivity contribution >= 4 is 11.7 Å². The Bertz CT molecular complexity index is 558. The Balaban J connectivity index is 1.91. The Hall–Kier alpha value is -1.51. The van der Waals surface area contributed by atoms with E-state index in [4.69, 9.17) is 0 Å². The van der Waals surface area contributed by atoms with Gasteiger partial charge in [-0.1, -0.05) is 121 Å². The van der Waals surface area contributed by atoms with E-state index in [1.54, 1.807) is 0 Å². The minimum absolute atomic E-state index is 0.0257. The van der Waals surface area contributed by atoms with Crippen LogP contribution < -0.4 is 10.2 Å². The van der Waals surface area contributed by atoms with E-state index in [9.17, 15) is 4.79 Å². The van der Waals surface area contributed by atoms with Gasteiger partial charge in [0.2, 0.25) is 0 Å². The van der Waals surface area contributed by atoms with E-state index in [1.807, 2.05) is 30.0 Å². The maximum atomic E-state index is 12.5. The predicted molar refractivity (Wildman–Crippen MR) is 137 cm³/mol. The van der Waals surface area contributed by atoms with Gasteiger partial charge in [0.1, 0.15) is 0 Å². The van der Waals surface area contributed by atoms with Crippen molar-refractivity contribution in [2.75, 3.05) is 18.0 Å². The first-order valence-corrected chi connectivity index (χ1v) is 13.3. The molecule has 0 saturated carbocycles. The quantitative estimate of drug-likeness (QED) is 0.218. The molecule has 0 spiro atoms. The van der Waals surface area contributed by atoms with E-state index in [0.29, 0.717) is 6.54 Å². The fraction of sp³-hybridized carbons (Fsp3) is 0.750. The summed E-state index contributed by atoms with van der Waals surface area (Å²) < 4.78 is 0. The number of hydrogen-bond donors (Lipinski definition) is 1. The van der Waals surface area contributed by atoms with Crippen molar-refractivity contribution in [2.45, 2.75) is 124 Å². The van der Waals surface area contributed by atoms with Gasteiger partial charge in [-0.25, -0.2) is 4.79 Å². The maximum Gasteiger partial charge on any atom is 0.321 e. The lowest BCUT2D eigenvalue weighted by molar-refractivity contribution is 0.246. The molecule has 0 aliphatic carbocycles. The van der Waals surface area contributed by atoms with E-state index in [-0.39, 0.29) is 6.03 Å². The lowest BCUT2D eigenvalue weighted by atomic mass is 10.0. The highest BCUT2D eigenvalue weighted by Crippen LogP contribution is 2.19. The fourth-order valence-corrected chi connectivity index (χ4v) is 4.25. The number of carbonyl (C=O) groups excluding carboxylic acids is 1. The zero-order chi connectivity index (χ0) is 22.6. The van der Waals surface area contributed by atoms with Crippen LogP contribution in [0.4, 0.5) is 10.5 Å². The lowest BCUT2D eigenvalue weighted by Crippen LogP contribution is -2.40. The maximum absolute atomic E-state index is 12.5. The van der Waals surface area contributed by atoms with Crippen LogP contribution in [0.2, 0.25) is 0 Å². The van der Waals surface area contributed by atoms with Gasteiger partial charge in [0.15, 0.2) is 0 Å². The Morgan fingerprint density at radius 2 is 1.16 bits per heavy atom. The zero-order valence-corrected chi connectivity index (χ0v) is 20.9. The average molecular weight is 431 g/mol. The second-order valence-electron chi connectivity index (χ2n) is 9.07. The van der Waals surface area contributed by atoms with Gasteiger partial charge in [0.05, 0.1) is 0 Å². The Morgan fingerprint density at radius 3 is 1.61 bits per heavy atom. The number of unbranched alkanes of at least 4 members (excludes halogenated alkanes) is 15. The molecule has 0 aliphatic rings.